The largest absolute Gasteiger partial charge is 0.550 e. The van der Waals surface area contributed by atoms with Crippen LogP contribution in [0.2, 0.25) is 0 Å². The zero-order valence-electron chi connectivity index (χ0n) is 20.6. The number of allylic oxidation sites excluding steroid dienone is 5. The quantitative estimate of drug-likeness (QED) is 0.342. The maximum atomic E-state index is 13.4. The van der Waals surface area contributed by atoms with Crippen molar-refractivity contribution in [1.82, 2.24) is 4.98 Å². The maximum Gasteiger partial charge on any atom is 0.183 e. The van der Waals surface area contributed by atoms with E-state index in [0.29, 0.717) is 30.1 Å². The van der Waals surface area contributed by atoms with Crippen molar-refractivity contribution in [2.45, 2.75) is 59.0 Å². The van der Waals surface area contributed by atoms with Crippen molar-refractivity contribution in [2.75, 3.05) is 6.61 Å². The molecule has 8 unspecified atom stereocenters. The molecule has 1 aromatic heterocycles. The lowest BCUT2D eigenvalue weighted by atomic mass is 9.69. The van der Waals surface area contributed by atoms with Crippen molar-refractivity contribution in [3.8, 4) is 0 Å². The van der Waals surface area contributed by atoms with E-state index in [2.05, 4.69) is 49.2 Å². The summed E-state index contributed by atoms with van der Waals surface area (Å²) in [5.74, 6) is 0.220. The van der Waals surface area contributed by atoms with Crippen LogP contribution >= 0.6 is 0 Å². The highest BCUT2D eigenvalue weighted by atomic mass is 16.5. The van der Waals surface area contributed by atoms with Gasteiger partial charge in [0.2, 0.25) is 0 Å². The Balaban J connectivity index is 1.48. The predicted molar refractivity (Wildman–Crippen MR) is 131 cm³/mol. The fourth-order valence-corrected chi connectivity index (χ4v) is 6.37. The van der Waals surface area contributed by atoms with Crippen LogP contribution < -0.4 is 5.11 Å². The van der Waals surface area contributed by atoms with Crippen molar-refractivity contribution in [3.05, 3.63) is 60.0 Å². The lowest BCUT2D eigenvalue weighted by molar-refractivity contribution is -0.315. The van der Waals surface area contributed by atoms with E-state index in [-0.39, 0.29) is 29.6 Å². The second-order valence-electron chi connectivity index (χ2n) is 10.5. The molecule has 5 nitrogen and oxygen atoms in total. The van der Waals surface area contributed by atoms with Gasteiger partial charge in [-0.1, -0.05) is 63.1 Å². The molecular weight excluding hydrogens is 426 g/mol. The summed E-state index contributed by atoms with van der Waals surface area (Å²) in [6.07, 6.45) is 17.8. The molecule has 1 N–H and O–H groups in total. The van der Waals surface area contributed by atoms with E-state index in [1.54, 1.807) is 6.92 Å². The molecule has 0 aromatic carbocycles. The minimum Gasteiger partial charge on any atom is -0.550 e. The van der Waals surface area contributed by atoms with E-state index in [1.807, 2.05) is 18.3 Å². The molecule has 0 radical (unpaired) electrons. The normalized spacial score (nSPS) is 34.8. The molecule has 3 aliphatic rings. The van der Waals surface area contributed by atoms with Crippen molar-refractivity contribution in [1.29, 1.82) is 0 Å². The molecule has 0 bridgehead atoms. The predicted octanol–water partition coefficient (Wildman–Crippen LogP) is 4.74. The molecule has 184 valence electrons. The molecule has 2 fully saturated rings. The number of hydrogen-bond donors (Lipinski definition) is 1. The van der Waals surface area contributed by atoms with Crippen LogP contribution in [0.1, 0.15) is 63.4 Å². The minimum absolute atomic E-state index is 0.0188. The third-order valence-corrected chi connectivity index (χ3v) is 8.49. The lowest BCUT2D eigenvalue weighted by Crippen LogP contribution is -2.43. The number of carboxylic acid groups (broad SMARTS) is 1. The number of ether oxygens (including phenoxy) is 1. The lowest BCUT2D eigenvalue weighted by Gasteiger charge is -2.38. The standard InChI is InChI=1S/C29H39NO4/c1-4-20(24-17-34-26(16-18(24)2)19(3)29(32)33)8-5-10-22-14-13-21-9-6-11-23(21)27(22)28(31)25-12-7-15-30-25/h5,7-8,10,12-15,18-19,21-24,26-27,30H,4,6,9,11,16-17H2,1-3H3,(H,32,33)/p-1. The van der Waals surface area contributed by atoms with E-state index in [4.69, 9.17) is 4.74 Å². The SMILES string of the molecule is CCC(=CC=CC1C=CC2CCCC2C1C(=O)c1ccc[nH]1)C1COC(C(C)C(=O)[O-])CC1C. The van der Waals surface area contributed by atoms with Crippen molar-refractivity contribution < 1.29 is 19.4 Å². The summed E-state index contributed by atoms with van der Waals surface area (Å²) in [6.45, 7) is 6.55. The van der Waals surface area contributed by atoms with Crippen LogP contribution in [0, 0.1) is 41.4 Å². The third kappa shape index (κ3) is 5.14. The Morgan fingerprint density at radius 1 is 1.29 bits per heavy atom. The Morgan fingerprint density at radius 2 is 2.12 bits per heavy atom. The van der Waals surface area contributed by atoms with Gasteiger partial charge in [0.15, 0.2) is 5.78 Å². The molecule has 1 saturated heterocycles. The Labute approximate surface area is 203 Å². The third-order valence-electron chi connectivity index (χ3n) is 8.49. The summed E-state index contributed by atoms with van der Waals surface area (Å²) in [5, 5.41) is 11.2. The highest BCUT2D eigenvalue weighted by molar-refractivity contribution is 5.97. The van der Waals surface area contributed by atoms with Gasteiger partial charge in [-0.2, -0.15) is 0 Å². The number of carbonyl (C=O) groups excluding carboxylic acids is 2. The summed E-state index contributed by atoms with van der Waals surface area (Å²) >= 11 is 0. The van der Waals surface area contributed by atoms with E-state index in [1.165, 1.54) is 18.4 Å². The summed E-state index contributed by atoms with van der Waals surface area (Å²) in [5.41, 5.74) is 2.02. The van der Waals surface area contributed by atoms with Gasteiger partial charge in [-0.15, -0.1) is 0 Å². The molecular formula is C29H38NO4-. The topological polar surface area (TPSA) is 82.2 Å². The van der Waals surface area contributed by atoms with Gasteiger partial charge in [0.25, 0.3) is 0 Å². The first-order chi connectivity index (χ1) is 16.4. The van der Waals surface area contributed by atoms with Gasteiger partial charge >= 0.3 is 0 Å². The maximum absolute atomic E-state index is 13.4. The van der Waals surface area contributed by atoms with Crippen LogP contribution in [0.5, 0.6) is 0 Å². The number of nitrogens with one attached hydrogen (secondary N) is 1. The smallest absolute Gasteiger partial charge is 0.183 e. The number of fused-ring (bicyclic) bond motifs is 1. The molecule has 5 heteroatoms. The van der Waals surface area contributed by atoms with E-state index in [9.17, 15) is 14.7 Å². The minimum atomic E-state index is -1.04. The van der Waals surface area contributed by atoms with Crippen molar-refractivity contribution in [3.63, 3.8) is 0 Å². The number of H-pyrrole nitrogens is 1. The molecule has 4 rings (SSSR count). The second-order valence-corrected chi connectivity index (χ2v) is 10.5. The molecule has 2 heterocycles. The zero-order valence-corrected chi connectivity index (χ0v) is 20.6. The van der Waals surface area contributed by atoms with Crippen LogP contribution in [0.4, 0.5) is 0 Å². The summed E-state index contributed by atoms with van der Waals surface area (Å²) in [6, 6.07) is 3.78. The van der Waals surface area contributed by atoms with Crippen LogP contribution in [0.15, 0.2) is 54.3 Å². The number of rotatable bonds is 8. The Morgan fingerprint density at radius 3 is 2.79 bits per heavy atom. The van der Waals surface area contributed by atoms with Crippen LogP contribution in [-0.4, -0.2) is 29.4 Å². The molecule has 8 atom stereocenters. The fourth-order valence-electron chi connectivity index (χ4n) is 6.37. The zero-order chi connectivity index (χ0) is 24.2. The number of carboxylic acids is 1. The van der Waals surface area contributed by atoms with E-state index < -0.39 is 11.9 Å². The first kappa shape index (κ1) is 24.7. The number of aromatic nitrogens is 1. The van der Waals surface area contributed by atoms with Gasteiger partial charge in [0.1, 0.15) is 0 Å². The molecule has 2 aliphatic carbocycles. The average molecular weight is 465 g/mol. The Hall–Kier alpha value is -2.40. The van der Waals surface area contributed by atoms with Gasteiger partial charge in [0, 0.05) is 35.8 Å². The molecule has 1 aromatic rings. The van der Waals surface area contributed by atoms with Gasteiger partial charge in [0.05, 0.1) is 18.4 Å². The number of aromatic amines is 1. The Kier molecular flexibility index (Phi) is 7.92. The van der Waals surface area contributed by atoms with Crippen LogP contribution in [-0.2, 0) is 9.53 Å². The number of ketones is 1. The monoisotopic (exact) mass is 464 g/mol. The Bertz CT molecular complexity index is 943. The summed E-state index contributed by atoms with van der Waals surface area (Å²) < 4.78 is 5.96. The average Bonchev–Trinajstić information content (AvgIpc) is 3.53. The molecule has 0 amide bonds. The van der Waals surface area contributed by atoms with Crippen molar-refractivity contribution in [2.24, 2.45) is 41.4 Å². The second kappa shape index (κ2) is 10.9. The molecule has 0 spiro atoms. The van der Waals surface area contributed by atoms with E-state index >= 15 is 0 Å². The van der Waals surface area contributed by atoms with Crippen LogP contribution in [0.25, 0.3) is 0 Å². The molecule has 1 saturated carbocycles. The number of hydrogen-bond acceptors (Lipinski definition) is 4. The first-order valence-electron chi connectivity index (χ1n) is 13.0. The summed E-state index contributed by atoms with van der Waals surface area (Å²) in [7, 11) is 0. The van der Waals surface area contributed by atoms with Crippen molar-refractivity contribution >= 4 is 11.8 Å². The number of aliphatic carboxylic acids is 1. The van der Waals surface area contributed by atoms with Gasteiger partial charge in [-0.05, 0) is 55.6 Å². The van der Waals surface area contributed by atoms with Crippen LogP contribution in [0.3, 0.4) is 0 Å². The fraction of sp³-hybridized carbons (Fsp3) is 0.586. The first-order valence-corrected chi connectivity index (χ1v) is 13.0. The van der Waals surface area contributed by atoms with E-state index in [0.717, 1.165) is 19.3 Å². The number of Topliss-reactive ketones (excluding diaryl/α,β-unsaturated/α-hetero) is 1. The summed E-state index contributed by atoms with van der Waals surface area (Å²) in [4.78, 5) is 27.8. The number of carbonyl (C=O) groups is 2. The van der Waals surface area contributed by atoms with Gasteiger partial charge in [-0.25, -0.2) is 0 Å². The highest BCUT2D eigenvalue weighted by Gasteiger charge is 2.42. The molecule has 1 aliphatic heterocycles. The van der Waals surface area contributed by atoms with Gasteiger partial charge in [-0.3, -0.25) is 4.79 Å². The highest BCUT2D eigenvalue weighted by Crippen LogP contribution is 2.46. The van der Waals surface area contributed by atoms with Gasteiger partial charge < -0.3 is 19.6 Å². The molecule has 34 heavy (non-hydrogen) atoms.